The Kier molecular flexibility index (Phi) is 4.70. The Bertz CT molecular complexity index is 718. The maximum absolute atomic E-state index is 12.4. The van der Waals surface area contributed by atoms with E-state index in [0.29, 0.717) is 25.9 Å². The number of rotatable bonds is 4. The number of urea groups is 1. The summed E-state index contributed by atoms with van der Waals surface area (Å²) in [6.45, 7) is 1.04. The van der Waals surface area contributed by atoms with Crippen molar-refractivity contribution in [3.05, 3.63) is 35.9 Å². The van der Waals surface area contributed by atoms with Crippen molar-refractivity contribution >= 4 is 17.8 Å². The molecule has 0 aromatic heterocycles. The van der Waals surface area contributed by atoms with Crippen molar-refractivity contribution in [2.45, 2.75) is 37.1 Å². The molecule has 0 spiro atoms. The number of carbonyl (C=O) groups excluding carboxylic acids is 3. The van der Waals surface area contributed by atoms with E-state index in [-0.39, 0.29) is 24.7 Å². The zero-order valence-corrected chi connectivity index (χ0v) is 13.8. The van der Waals surface area contributed by atoms with Crippen molar-refractivity contribution in [1.82, 2.24) is 15.5 Å². The highest BCUT2D eigenvalue weighted by Crippen LogP contribution is 2.35. The van der Waals surface area contributed by atoms with Crippen LogP contribution in [0.2, 0.25) is 0 Å². The number of likely N-dealkylation sites (tertiary alicyclic amines) is 1. The number of hydrogen-bond acceptors (Lipinski definition) is 4. The lowest BCUT2D eigenvalue weighted by Gasteiger charge is -2.37. The average molecular weight is 340 g/mol. The third-order valence-electron chi connectivity index (χ3n) is 5.02. The molecule has 2 aliphatic heterocycles. The first-order valence-electron chi connectivity index (χ1n) is 8.40. The van der Waals surface area contributed by atoms with E-state index in [1.54, 1.807) is 4.90 Å². The van der Waals surface area contributed by atoms with Crippen LogP contribution in [-0.2, 0) is 15.0 Å². The lowest BCUT2D eigenvalue weighted by atomic mass is 9.74. The van der Waals surface area contributed by atoms with Gasteiger partial charge >= 0.3 is 6.03 Å². The van der Waals surface area contributed by atoms with Crippen LogP contribution in [0.15, 0.2) is 30.3 Å². The normalized spacial score (nSPS) is 22.0. The van der Waals surface area contributed by atoms with Crippen LogP contribution in [0.1, 0.15) is 31.2 Å². The minimum atomic E-state index is -0.635. The number of nitrogens with one attached hydrogen (secondary N) is 2. The first kappa shape index (κ1) is 17.0. The maximum Gasteiger partial charge on any atom is 0.322 e. The molecule has 0 radical (unpaired) electrons. The fourth-order valence-electron chi connectivity index (χ4n) is 3.45. The second-order valence-electron chi connectivity index (χ2n) is 6.49. The molecule has 1 atom stereocenters. The van der Waals surface area contributed by atoms with Gasteiger partial charge in [0.1, 0.15) is 6.04 Å². The van der Waals surface area contributed by atoms with Crippen LogP contribution in [0.4, 0.5) is 4.79 Å². The van der Waals surface area contributed by atoms with Gasteiger partial charge in [-0.15, -0.1) is 0 Å². The molecule has 0 bridgehead atoms. The van der Waals surface area contributed by atoms with Gasteiger partial charge < -0.3 is 10.2 Å². The predicted octanol–water partition coefficient (Wildman–Crippen LogP) is 1.06. The summed E-state index contributed by atoms with van der Waals surface area (Å²) < 4.78 is 0. The molecule has 0 aliphatic carbocycles. The molecule has 2 saturated heterocycles. The molecule has 7 nitrogen and oxygen atoms in total. The summed E-state index contributed by atoms with van der Waals surface area (Å²) >= 11 is 0. The van der Waals surface area contributed by atoms with E-state index in [1.165, 1.54) is 0 Å². The summed E-state index contributed by atoms with van der Waals surface area (Å²) in [5.41, 5.74) is 0.451. The molecule has 1 aromatic carbocycles. The molecular weight excluding hydrogens is 320 g/mol. The molecule has 2 heterocycles. The van der Waals surface area contributed by atoms with Crippen molar-refractivity contribution in [3.63, 3.8) is 0 Å². The SMILES string of the molecule is N#CC1(c2ccccc2)CCN(C(=O)CC[C@H]2NC(=O)NC2=O)CC1. The lowest BCUT2D eigenvalue weighted by Crippen LogP contribution is -2.45. The Morgan fingerprint density at radius 3 is 2.48 bits per heavy atom. The molecule has 25 heavy (non-hydrogen) atoms. The quantitative estimate of drug-likeness (QED) is 0.800. The van der Waals surface area contributed by atoms with Gasteiger partial charge in [-0.25, -0.2) is 4.79 Å². The number of amides is 4. The van der Waals surface area contributed by atoms with Gasteiger partial charge in [-0.1, -0.05) is 30.3 Å². The number of imide groups is 1. The summed E-state index contributed by atoms with van der Waals surface area (Å²) in [5, 5.41) is 14.3. The largest absolute Gasteiger partial charge is 0.343 e. The summed E-state index contributed by atoms with van der Waals surface area (Å²) in [6, 6.07) is 11.0. The van der Waals surface area contributed by atoms with E-state index in [0.717, 1.165) is 5.56 Å². The Hall–Kier alpha value is -2.88. The van der Waals surface area contributed by atoms with Gasteiger partial charge in [0, 0.05) is 19.5 Å². The van der Waals surface area contributed by atoms with Crippen LogP contribution in [-0.4, -0.2) is 41.9 Å². The Labute approximate surface area is 146 Å². The van der Waals surface area contributed by atoms with Gasteiger partial charge in [-0.05, 0) is 24.8 Å². The maximum atomic E-state index is 12.4. The van der Waals surface area contributed by atoms with E-state index in [9.17, 15) is 19.6 Å². The molecule has 4 amide bonds. The van der Waals surface area contributed by atoms with E-state index in [2.05, 4.69) is 16.7 Å². The Morgan fingerprint density at radius 1 is 1.24 bits per heavy atom. The first-order valence-corrected chi connectivity index (χ1v) is 8.40. The molecule has 7 heteroatoms. The van der Waals surface area contributed by atoms with Gasteiger partial charge in [0.15, 0.2) is 0 Å². The number of piperidine rings is 1. The van der Waals surface area contributed by atoms with Crippen LogP contribution in [0.25, 0.3) is 0 Å². The van der Waals surface area contributed by atoms with Crippen molar-refractivity contribution in [2.75, 3.05) is 13.1 Å². The number of carbonyl (C=O) groups is 3. The summed E-state index contributed by atoms with van der Waals surface area (Å²) in [6.07, 6.45) is 1.68. The average Bonchev–Trinajstić information content (AvgIpc) is 2.97. The second-order valence-corrected chi connectivity index (χ2v) is 6.49. The zero-order valence-electron chi connectivity index (χ0n) is 13.8. The van der Waals surface area contributed by atoms with Gasteiger partial charge in [0.05, 0.1) is 11.5 Å². The van der Waals surface area contributed by atoms with E-state index in [1.807, 2.05) is 30.3 Å². The topological polar surface area (TPSA) is 102 Å². The molecule has 2 N–H and O–H groups in total. The van der Waals surface area contributed by atoms with Crippen molar-refractivity contribution in [2.24, 2.45) is 0 Å². The highest BCUT2D eigenvalue weighted by molar-refractivity contribution is 6.04. The van der Waals surface area contributed by atoms with Crippen LogP contribution in [0.5, 0.6) is 0 Å². The Morgan fingerprint density at radius 2 is 1.92 bits per heavy atom. The van der Waals surface area contributed by atoms with Gasteiger partial charge in [-0.3, -0.25) is 14.9 Å². The fraction of sp³-hybridized carbons (Fsp3) is 0.444. The summed E-state index contributed by atoms with van der Waals surface area (Å²) in [7, 11) is 0. The minimum absolute atomic E-state index is 0.0476. The highest BCUT2D eigenvalue weighted by atomic mass is 16.2. The number of benzene rings is 1. The third kappa shape index (κ3) is 3.48. The molecule has 3 rings (SSSR count). The standard InChI is InChI=1S/C18H20N4O3/c19-12-18(13-4-2-1-3-5-13)8-10-22(11-9-18)15(23)7-6-14-16(24)21-17(25)20-14/h1-5,14H,6-11H2,(H2,20,21,24,25)/t14-/m1/s1. The Balaban J connectivity index is 1.55. The first-order chi connectivity index (χ1) is 12.0. The van der Waals surface area contributed by atoms with Crippen molar-refractivity contribution < 1.29 is 14.4 Å². The lowest BCUT2D eigenvalue weighted by molar-refractivity contribution is -0.132. The third-order valence-corrected chi connectivity index (χ3v) is 5.02. The van der Waals surface area contributed by atoms with Gasteiger partial charge in [0.2, 0.25) is 5.91 Å². The van der Waals surface area contributed by atoms with E-state index >= 15 is 0 Å². The molecule has 0 unspecified atom stereocenters. The predicted molar refractivity (Wildman–Crippen MR) is 89.2 cm³/mol. The molecule has 2 fully saturated rings. The minimum Gasteiger partial charge on any atom is -0.343 e. The zero-order chi connectivity index (χ0) is 17.9. The van der Waals surface area contributed by atoms with Crippen molar-refractivity contribution in [3.8, 4) is 6.07 Å². The smallest absolute Gasteiger partial charge is 0.322 e. The fourth-order valence-corrected chi connectivity index (χ4v) is 3.45. The van der Waals surface area contributed by atoms with Crippen LogP contribution >= 0.6 is 0 Å². The molecule has 2 aliphatic rings. The van der Waals surface area contributed by atoms with E-state index < -0.39 is 17.5 Å². The molecular formula is C18H20N4O3. The summed E-state index contributed by atoms with van der Waals surface area (Å²) in [4.78, 5) is 36.7. The monoisotopic (exact) mass is 340 g/mol. The number of nitriles is 1. The van der Waals surface area contributed by atoms with Crippen LogP contribution in [0.3, 0.4) is 0 Å². The van der Waals surface area contributed by atoms with Gasteiger partial charge in [-0.2, -0.15) is 5.26 Å². The van der Waals surface area contributed by atoms with Gasteiger partial charge in [0.25, 0.3) is 5.91 Å². The van der Waals surface area contributed by atoms with Crippen LogP contribution in [0, 0.1) is 11.3 Å². The van der Waals surface area contributed by atoms with Crippen molar-refractivity contribution in [1.29, 1.82) is 5.26 Å². The number of nitrogens with zero attached hydrogens (tertiary/aromatic N) is 2. The molecule has 0 saturated carbocycles. The summed E-state index contributed by atoms with van der Waals surface area (Å²) in [5.74, 6) is -0.433. The number of hydrogen-bond donors (Lipinski definition) is 2. The molecule has 1 aromatic rings. The van der Waals surface area contributed by atoms with E-state index in [4.69, 9.17) is 0 Å². The van der Waals surface area contributed by atoms with Crippen LogP contribution < -0.4 is 10.6 Å². The second kappa shape index (κ2) is 6.93. The molecule has 130 valence electrons. The highest BCUT2D eigenvalue weighted by Gasteiger charge is 2.38.